The number of amides is 5. The van der Waals surface area contributed by atoms with E-state index < -0.39 is 72.6 Å². The molecule has 0 spiro atoms. The van der Waals surface area contributed by atoms with Gasteiger partial charge in [0.15, 0.2) is 5.96 Å². The number of nitrogens with one attached hydrogen (secondary N) is 5. The van der Waals surface area contributed by atoms with E-state index in [0.29, 0.717) is 12.0 Å². The second kappa shape index (κ2) is 14.9. The van der Waals surface area contributed by atoms with Crippen LogP contribution >= 0.6 is 0 Å². The molecule has 10 N–H and O–H groups in total. The van der Waals surface area contributed by atoms with Gasteiger partial charge in [-0.2, -0.15) is 0 Å². The van der Waals surface area contributed by atoms with Crippen molar-refractivity contribution in [3.05, 3.63) is 35.9 Å². The number of carboxylic acid groups (broad SMARTS) is 1. The lowest BCUT2D eigenvalue weighted by molar-refractivity contribution is -0.141. The number of hydrogen-bond acceptors (Lipinski definition) is 7. The summed E-state index contributed by atoms with van der Waals surface area (Å²) in [5.74, 6) is -5.39. The second-order valence-corrected chi connectivity index (χ2v) is 8.93. The van der Waals surface area contributed by atoms with E-state index in [1.165, 1.54) is 6.92 Å². The van der Waals surface area contributed by atoms with Crippen molar-refractivity contribution in [1.82, 2.24) is 26.6 Å². The molecule has 0 aliphatic carbocycles. The number of carboxylic acids is 1. The number of rotatable bonds is 8. The highest BCUT2D eigenvalue weighted by Crippen LogP contribution is 2.06. The van der Waals surface area contributed by atoms with Crippen molar-refractivity contribution < 1.29 is 33.9 Å². The third-order valence-electron chi connectivity index (χ3n) is 5.70. The largest absolute Gasteiger partial charge is 0.481 e. The fraction of sp³-hybridized carbons (Fsp3) is 0.458. The van der Waals surface area contributed by atoms with Gasteiger partial charge in [0.2, 0.25) is 29.5 Å². The SMILES string of the molecule is CC1NC(=O)C(Cc2ccccc2)NC(=O)C(CC(=O)O)NC(=O)CNC(=O)C(CCCN=C(N)N)NC1=O. The van der Waals surface area contributed by atoms with Crippen LogP contribution in [-0.4, -0.2) is 83.8 Å². The van der Waals surface area contributed by atoms with Crippen LogP contribution in [0.15, 0.2) is 35.3 Å². The first-order valence-corrected chi connectivity index (χ1v) is 12.3. The molecule has 1 heterocycles. The second-order valence-electron chi connectivity index (χ2n) is 8.93. The zero-order chi connectivity index (χ0) is 28.9. The molecule has 1 aliphatic rings. The van der Waals surface area contributed by atoms with Crippen LogP contribution in [0.25, 0.3) is 0 Å². The highest BCUT2D eigenvalue weighted by atomic mass is 16.4. The topological polar surface area (TPSA) is 247 Å². The quantitative estimate of drug-likeness (QED) is 0.0930. The molecule has 4 unspecified atom stereocenters. The molecule has 1 aromatic rings. The Labute approximate surface area is 224 Å². The molecule has 4 atom stereocenters. The van der Waals surface area contributed by atoms with Crippen LogP contribution < -0.4 is 38.1 Å². The van der Waals surface area contributed by atoms with E-state index in [0.717, 1.165) is 0 Å². The summed E-state index contributed by atoms with van der Waals surface area (Å²) >= 11 is 0. The van der Waals surface area contributed by atoms with E-state index in [4.69, 9.17) is 11.5 Å². The van der Waals surface area contributed by atoms with Gasteiger partial charge >= 0.3 is 5.97 Å². The fourth-order valence-corrected chi connectivity index (χ4v) is 3.70. The molecule has 1 saturated heterocycles. The van der Waals surface area contributed by atoms with Gasteiger partial charge in [-0.3, -0.25) is 33.8 Å². The van der Waals surface area contributed by atoms with Crippen molar-refractivity contribution in [3.63, 3.8) is 0 Å². The first kappa shape index (κ1) is 30.5. The van der Waals surface area contributed by atoms with Crippen molar-refractivity contribution >= 4 is 41.5 Å². The summed E-state index contributed by atoms with van der Waals surface area (Å²) in [6.07, 6.45) is -0.334. The molecule has 15 heteroatoms. The maximum absolute atomic E-state index is 13.1. The van der Waals surface area contributed by atoms with Gasteiger partial charge < -0.3 is 43.2 Å². The Morgan fingerprint density at radius 3 is 2.18 bits per heavy atom. The number of hydrogen-bond donors (Lipinski definition) is 8. The first-order valence-electron chi connectivity index (χ1n) is 12.3. The lowest BCUT2D eigenvalue weighted by Gasteiger charge is -2.24. The van der Waals surface area contributed by atoms with Gasteiger partial charge in [-0.25, -0.2) is 0 Å². The van der Waals surface area contributed by atoms with Crippen molar-refractivity contribution in [2.75, 3.05) is 13.1 Å². The van der Waals surface area contributed by atoms with Crippen LogP contribution in [0.4, 0.5) is 0 Å². The van der Waals surface area contributed by atoms with Crippen molar-refractivity contribution in [2.45, 2.75) is 56.8 Å². The molecule has 0 radical (unpaired) electrons. The van der Waals surface area contributed by atoms with E-state index in [-0.39, 0.29) is 25.3 Å². The van der Waals surface area contributed by atoms with E-state index in [9.17, 15) is 33.9 Å². The summed E-state index contributed by atoms with van der Waals surface area (Å²) in [4.78, 5) is 79.4. The molecule has 2 rings (SSSR count). The molecule has 39 heavy (non-hydrogen) atoms. The summed E-state index contributed by atoms with van der Waals surface area (Å²) in [6, 6.07) is 3.76. The summed E-state index contributed by atoms with van der Waals surface area (Å²) < 4.78 is 0. The summed E-state index contributed by atoms with van der Waals surface area (Å²) in [7, 11) is 0. The molecule has 1 aromatic carbocycles. The van der Waals surface area contributed by atoms with E-state index in [1.807, 2.05) is 0 Å². The molecule has 1 aliphatic heterocycles. The maximum Gasteiger partial charge on any atom is 0.305 e. The summed E-state index contributed by atoms with van der Waals surface area (Å²) in [6.45, 7) is 0.989. The zero-order valence-corrected chi connectivity index (χ0v) is 21.4. The van der Waals surface area contributed by atoms with E-state index >= 15 is 0 Å². The van der Waals surface area contributed by atoms with Crippen LogP contribution in [0.3, 0.4) is 0 Å². The number of nitrogens with zero attached hydrogens (tertiary/aromatic N) is 1. The number of guanidine groups is 1. The van der Waals surface area contributed by atoms with Gasteiger partial charge in [-0.15, -0.1) is 0 Å². The van der Waals surface area contributed by atoms with Crippen LogP contribution in [0.1, 0.15) is 31.7 Å². The Morgan fingerprint density at radius 1 is 0.897 bits per heavy atom. The highest BCUT2D eigenvalue weighted by Gasteiger charge is 2.31. The minimum atomic E-state index is -1.53. The Balaban J connectivity index is 2.33. The lowest BCUT2D eigenvalue weighted by Crippen LogP contribution is -2.57. The standard InChI is InChI=1S/C24H34N8O7/c1-13-20(36)31-15(8-5-9-27-24(25)26)21(37)28-12-18(33)30-17(11-19(34)35)23(39)32-16(22(38)29-13)10-14-6-3-2-4-7-14/h2-4,6-7,13,15-17H,5,8-12H2,1H3,(H,28,37)(H,29,38)(H,30,33)(H,31,36)(H,32,39)(H,34,35)(H4,25,26,27). The molecule has 5 amide bonds. The van der Waals surface area contributed by atoms with Gasteiger partial charge in [0.1, 0.15) is 24.2 Å². The number of nitrogens with two attached hydrogens (primary N) is 2. The third kappa shape index (κ3) is 10.7. The molecule has 1 fully saturated rings. The summed E-state index contributed by atoms with van der Waals surface area (Å²) in [5, 5.41) is 21.4. The smallest absolute Gasteiger partial charge is 0.305 e. The minimum absolute atomic E-state index is 0.0218. The molecule has 0 bridgehead atoms. The van der Waals surface area contributed by atoms with Gasteiger partial charge in [0, 0.05) is 13.0 Å². The number of benzene rings is 1. The molecule has 212 valence electrons. The predicted octanol–water partition coefficient (Wildman–Crippen LogP) is -3.15. The Bertz CT molecular complexity index is 1090. The van der Waals surface area contributed by atoms with Crippen LogP contribution in [-0.2, 0) is 35.2 Å². The average Bonchev–Trinajstić information content (AvgIpc) is 2.87. The van der Waals surface area contributed by atoms with Gasteiger partial charge in [0.25, 0.3) is 0 Å². The van der Waals surface area contributed by atoms with Crippen molar-refractivity contribution in [2.24, 2.45) is 16.5 Å². The monoisotopic (exact) mass is 546 g/mol. The van der Waals surface area contributed by atoms with Crippen molar-refractivity contribution in [1.29, 1.82) is 0 Å². The average molecular weight is 547 g/mol. The number of aliphatic carboxylic acids is 1. The molecule has 0 saturated carbocycles. The Morgan fingerprint density at radius 2 is 1.54 bits per heavy atom. The number of aliphatic imine (C=N–C) groups is 1. The molecule has 0 aromatic heterocycles. The van der Waals surface area contributed by atoms with Crippen molar-refractivity contribution in [3.8, 4) is 0 Å². The van der Waals surface area contributed by atoms with E-state index in [1.54, 1.807) is 30.3 Å². The van der Waals surface area contributed by atoms with Crippen LogP contribution in [0, 0.1) is 0 Å². The normalized spacial score (nSPS) is 23.1. The summed E-state index contributed by atoms with van der Waals surface area (Å²) in [5.41, 5.74) is 11.3. The van der Waals surface area contributed by atoms with Crippen LogP contribution in [0.2, 0.25) is 0 Å². The number of carbonyl (C=O) groups excluding carboxylic acids is 5. The molecular weight excluding hydrogens is 512 g/mol. The predicted molar refractivity (Wildman–Crippen MR) is 139 cm³/mol. The molecule has 15 nitrogen and oxygen atoms in total. The Kier molecular flexibility index (Phi) is 11.7. The lowest BCUT2D eigenvalue weighted by atomic mass is 10.0. The van der Waals surface area contributed by atoms with Gasteiger partial charge in [-0.05, 0) is 25.3 Å². The first-order chi connectivity index (χ1) is 18.5. The van der Waals surface area contributed by atoms with E-state index in [2.05, 4.69) is 31.6 Å². The third-order valence-corrected chi connectivity index (χ3v) is 5.70. The Hall–Kier alpha value is -4.69. The van der Waals surface area contributed by atoms with Gasteiger partial charge in [-0.1, -0.05) is 30.3 Å². The maximum atomic E-state index is 13.1. The van der Waals surface area contributed by atoms with Gasteiger partial charge in [0.05, 0.1) is 13.0 Å². The zero-order valence-electron chi connectivity index (χ0n) is 21.4. The molecular formula is C24H34N8O7. The fourth-order valence-electron chi connectivity index (χ4n) is 3.70. The highest BCUT2D eigenvalue weighted by molar-refractivity contribution is 5.97. The van der Waals surface area contributed by atoms with Crippen LogP contribution in [0.5, 0.6) is 0 Å². The number of carbonyl (C=O) groups is 6. The minimum Gasteiger partial charge on any atom is -0.481 e.